The Labute approximate surface area is 184 Å². The van der Waals surface area contributed by atoms with Gasteiger partial charge in [0.05, 0.1) is 42.8 Å². The summed E-state index contributed by atoms with van der Waals surface area (Å²) in [6.45, 7) is 0. The fourth-order valence-corrected chi connectivity index (χ4v) is 3.90. The fourth-order valence-electron chi connectivity index (χ4n) is 3.36. The molecule has 32 heavy (non-hydrogen) atoms. The highest BCUT2D eigenvalue weighted by atomic mass is 32.2. The highest BCUT2D eigenvalue weighted by molar-refractivity contribution is 7.89. The van der Waals surface area contributed by atoms with Gasteiger partial charge in [0.2, 0.25) is 15.8 Å². The van der Waals surface area contributed by atoms with Crippen LogP contribution in [-0.2, 0) is 10.0 Å². The Morgan fingerprint density at radius 1 is 0.938 bits per heavy atom. The molecule has 0 amide bonds. The number of nitrogens with two attached hydrogens (primary N) is 2. The molecule has 0 spiro atoms. The molecule has 2 aromatic carbocycles. The summed E-state index contributed by atoms with van der Waals surface area (Å²) in [6.07, 6.45) is 1.63. The third-order valence-electron chi connectivity index (χ3n) is 4.95. The third kappa shape index (κ3) is 3.79. The molecule has 0 bridgehead atoms. The maximum Gasteiger partial charge on any atom is 0.238 e. The van der Waals surface area contributed by atoms with Crippen LogP contribution in [0.3, 0.4) is 0 Å². The Balaban J connectivity index is 1.84. The number of imidazole rings is 1. The van der Waals surface area contributed by atoms with E-state index in [-0.39, 0.29) is 10.7 Å². The zero-order chi connectivity index (χ0) is 23.0. The van der Waals surface area contributed by atoms with E-state index in [1.807, 2.05) is 6.07 Å². The molecule has 0 saturated heterocycles. The van der Waals surface area contributed by atoms with Gasteiger partial charge >= 0.3 is 0 Å². The second-order valence-corrected chi connectivity index (χ2v) is 8.44. The van der Waals surface area contributed by atoms with Crippen molar-refractivity contribution in [2.75, 3.05) is 27.1 Å². The van der Waals surface area contributed by atoms with Crippen LogP contribution in [0.5, 0.6) is 17.2 Å². The number of nitrogens with zero attached hydrogens (tertiary/aromatic N) is 2. The average Bonchev–Trinajstić information content (AvgIpc) is 3.21. The normalized spacial score (nSPS) is 11.5. The van der Waals surface area contributed by atoms with Crippen LogP contribution in [0.25, 0.3) is 33.5 Å². The van der Waals surface area contributed by atoms with Crippen LogP contribution in [0.15, 0.2) is 47.5 Å². The minimum atomic E-state index is -3.84. The van der Waals surface area contributed by atoms with Gasteiger partial charge in [-0.05, 0) is 42.0 Å². The number of nitrogens with one attached hydrogen (secondary N) is 1. The molecule has 4 rings (SSSR count). The summed E-state index contributed by atoms with van der Waals surface area (Å²) in [5, 5.41) is 5.22. The molecule has 166 valence electrons. The van der Waals surface area contributed by atoms with Gasteiger partial charge in [0, 0.05) is 11.8 Å². The molecule has 10 nitrogen and oxygen atoms in total. The van der Waals surface area contributed by atoms with E-state index >= 15 is 0 Å². The fraction of sp³-hybridized carbons (Fsp3) is 0.143. The number of anilines is 1. The third-order valence-corrected chi connectivity index (χ3v) is 5.86. The highest BCUT2D eigenvalue weighted by Gasteiger charge is 2.17. The molecule has 0 fully saturated rings. The molecule has 2 heterocycles. The van der Waals surface area contributed by atoms with E-state index in [9.17, 15) is 8.42 Å². The molecule has 5 N–H and O–H groups in total. The number of aromatic nitrogens is 3. The Bertz CT molecular complexity index is 1410. The van der Waals surface area contributed by atoms with Crippen LogP contribution in [0.1, 0.15) is 0 Å². The lowest BCUT2D eigenvalue weighted by Gasteiger charge is -2.14. The quantitative estimate of drug-likeness (QED) is 0.400. The summed E-state index contributed by atoms with van der Waals surface area (Å²) in [7, 11) is 0.774. The van der Waals surface area contributed by atoms with Crippen molar-refractivity contribution >= 4 is 26.9 Å². The van der Waals surface area contributed by atoms with Gasteiger partial charge in [0.1, 0.15) is 11.6 Å². The number of nitrogen functional groups attached to an aromatic ring is 1. The number of fused-ring (bicyclic) bond motifs is 1. The van der Waals surface area contributed by atoms with Gasteiger partial charge in [-0.3, -0.25) is 0 Å². The largest absolute Gasteiger partial charge is 0.493 e. The van der Waals surface area contributed by atoms with Gasteiger partial charge < -0.3 is 24.9 Å². The molecule has 2 aromatic heterocycles. The van der Waals surface area contributed by atoms with E-state index in [1.165, 1.54) is 33.5 Å². The predicted octanol–water partition coefficient (Wildman–Crippen LogP) is 2.55. The van der Waals surface area contributed by atoms with E-state index in [0.717, 1.165) is 11.1 Å². The Morgan fingerprint density at radius 2 is 1.62 bits per heavy atom. The highest BCUT2D eigenvalue weighted by Crippen LogP contribution is 2.41. The first kappa shape index (κ1) is 21.4. The summed E-state index contributed by atoms with van der Waals surface area (Å²) < 4.78 is 39.5. The number of ether oxygens (including phenoxy) is 3. The molecule has 0 aliphatic rings. The van der Waals surface area contributed by atoms with Gasteiger partial charge in [0.15, 0.2) is 11.5 Å². The molecule has 11 heteroatoms. The van der Waals surface area contributed by atoms with Crippen LogP contribution >= 0.6 is 0 Å². The molecule has 0 atom stereocenters. The van der Waals surface area contributed by atoms with E-state index in [1.54, 1.807) is 24.4 Å². The number of sulfonamides is 1. The summed E-state index contributed by atoms with van der Waals surface area (Å²) in [6, 6.07) is 9.82. The van der Waals surface area contributed by atoms with Crippen molar-refractivity contribution in [2.45, 2.75) is 4.90 Å². The second kappa shape index (κ2) is 8.02. The van der Waals surface area contributed by atoms with E-state index in [0.29, 0.717) is 39.7 Å². The van der Waals surface area contributed by atoms with E-state index in [2.05, 4.69) is 15.0 Å². The number of H-pyrrole nitrogens is 1. The first-order valence-corrected chi connectivity index (χ1v) is 10.9. The number of methoxy groups -OCH3 is 3. The average molecular weight is 455 g/mol. The van der Waals surface area contributed by atoms with Crippen molar-refractivity contribution in [3.8, 4) is 39.8 Å². The maximum absolute atomic E-state index is 11.6. The molecule has 4 aromatic rings. The van der Waals surface area contributed by atoms with Crippen LogP contribution in [0.4, 0.5) is 5.82 Å². The topological polar surface area (TPSA) is 155 Å². The lowest BCUT2D eigenvalue weighted by atomic mass is 10.0. The van der Waals surface area contributed by atoms with E-state index in [4.69, 9.17) is 25.1 Å². The monoisotopic (exact) mass is 455 g/mol. The first-order chi connectivity index (χ1) is 15.2. The number of benzene rings is 2. The molecular formula is C21H21N5O5S. The van der Waals surface area contributed by atoms with Crippen LogP contribution in [-0.4, -0.2) is 44.7 Å². The number of rotatable bonds is 6. The van der Waals surface area contributed by atoms with Gasteiger partial charge in [-0.2, -0.15) is 0 Å². The molecule has 0 saturated carbocycles. The van der Waals surface area contributed by atoms with Crippen LogP contribution < -0.4 is 25.1 Å². The van der Waals surface area contributed by atoms with Crippen molar-refractivity contribution in [2.24, 2.45) is 5.14 Å². The van der Waals surface area contributed by atoms with Crippen LogP contribution in [0.2, 0.25) is 0 Å². The maximum atomic E-state index is 11.6. The summed E-state index contributed by atoms with van der Waals surface area (Å²) in [4.78, 5) is 11.9. The summed E-state index contributed by atoms with van der Waals surface area (Å²) >= 11 is 0. The van der Waals surface area contributed by atoms with Gasteiger partial charge in [-0.15, -0.1) is 0 Å². The minimum Gasteiger partial charge on any atom is -0.493 e. The first-order valence-electron chi connectivity index (χ1n) is 9.34. The zero-order valence-corrected chi connectivity index (χ0v) is 18.4. The summed E-state index contributed by atoms with van der Waals surface area (Å²) in [5.41, 5.74) is 9.23. The Hall–Kier alpha value is -3.83. The van der Waals surface area contributed by atoms with Crippen molar-refractivity contribution in [3.05, 3.63) is 42.6 Å². The molecule has 0 aliphatic carbocycles. The molecule has 0 unspecified atom stereocenters. The number of hydrogen-bond donors (Lipinski definition) is 3. The number of aromatic amines is 1. The van der Waals surface area contributed by atoms with Gasteiger partial charge in [-0.25, -0.2) is 23.5 Å². The minimum absolute atomic E-state index is 0.0162. The second-order valence-electron chi connectivity index (χ2n) is 6.88. The van der Waals surface area contributed by atoms with Crippen molar-refractivity contribution in [3.63, 3.8) is 0 Å². The predicted molar refractivity (Wildman–Crippen MR) is 120 cm³/mol. The Morgan fingerprint density at radius 3 is 2.22 bits per heavy atom. The van der Waals surface area contributed by atoms with Crippen LogP contribution in [0, 0.1) is 0 Å². The smallest absolute Gasteiger partial charge is 0.238 e. The molecule has 0 aliphatic heterocycles. The van der Waals surface area contributed by atoms with Gasteiger partial charge in [0.25, 0.3) is 0 Å². The van der Waals surface area contributed by atoms with Crippen molar-refractivity contribution in [1.82, 2.24) is 15.0 Å². The zero-order valence-electron chi connectivity index (χ0n) is 17.5. The van der Waals surface area contributed by atoms with E-state index < -0.39 is 10.0 Å². The SMILES string of the molecule is COc1cc(-c2cnc(N)c(-c3nc4ccc(S(N)(=O)=O)cc4[nH]3)c2)cc(OC)c1OC. The standard InChI is InChI=1S/C21H21N5O5S/c1-29-17-7-11(8-18(30-2)19(17)31-3)12-6-14(20(22)24-10-12)21-25-15-5-4-13(32(23,27)28)9-16(15)26-21/h4-10H,1-3H3,(H2,22,24)(H,25,26)(H2,23,27,28). The molecule has 0 radical (unpaired) electrons. The van der Waals surface area contributed by atoms with Gasteiger partial charge in [-0.1, -0.05) is 0 Å². The number of primary sulfonamides is 1. The van der Waals surface area contributed by atoms with Crippen molar-refractivity contribution in [1.29, 1.82) is 0 Å². The lowest BCUT2D eigenvalue weighted by molar-refractivity contribution is 0.324. The van der Waals surface area contributed by atoms with Crippen molar-refractivity contribution < 1.29 is 22.6 Å². The Kier molecular flexibility index (Phi) is 5.36. The number of hydrogen-bond acceptors (Lipinski definition) is 8. The lowest BCUT2D eigenvalue weighted by Crippen LogP contribution is -2.11. The molecular weight excluding hydrogens is 434 g/mol. The number of pyridine rings is 1. The summed E-state index contributed by atoms with van der Waals surface area (Å²) in [5.74, 6) is 2.17.